The predicted molar refractivity (Wildman–Crippen MR) is 62.7 cm³/mol. The molecule has 0 unspecified atom stereocenters. The van der Waals surface area contributed by atoms with E-state index in [-0.39, 0.29) is 37.2 Å². The smallest absolute Gasteiger partial charge is 0.306 e. The lowest BCUT2D eigenvalue weighted by atomic mass is 10.1. The van der Waals surface area contributed by atoms with Gasteiger partial charge in [-0.2, -0.15) is 0 Å². The van der Waals surface area contributed by atoms with E-state index < -0.39 is 18.4 Å². The first-order chi connectivity index (χ1) is 8.58. The Labute approximate surface area is 104 Å². The fourth-order valence-electron chi connectivity index (χ4n) is 1.32. The number of carbonyl (C=O) groups is 4. The van der Waals surface area contributed by atoms with Gasteiger partial charge in [-0.25, -0.2) is 0 Å². The van der Waals surface area contributed by atoms with Gasteiger partial charge >= 0.3 is 5.97 Å². The lowest BCUT2D eigenvalue weighted by Gasteiger charge is -2.03. The standard InChI is InChI=1S/C13H14O5/c14-10-4-2-1-3-5-11(15)8-12(16)9-18-13(17)7-6-10/h1-3,5H,4,6-9H2/b2-1+,5-3+. The molecule has 0 aromatic rings. The Bertz CT molecular complexity index is 417. The molecule has 0 spiro atoms. The minimum absolute atomic E-state index is 0.0380. The Morgan fingerprint density at radius 3 is 2.50 bits per heavy atom. The number of rotatable bonds is 0. The second-order valence-corrected chi connectivity index (χ2v) is 3.87. The van der Waals surface area contributed by atoms with Gasteiger partial charge in [-0.3, -0.25) is 19.2 Å². The highest BCUT2D eigenvalue weighted by Gasteiger charge is 2.12. The minimum atomic E-state index is -0.597. The molecule has 0 fully saturated rings. The monoisotopic (exact) mass is 250 g/mol. The van der Waals surface area contributed by atoms with Crippen molar-refractivity contribution in [1.82, 2.24) is 0 Å². The molecule has 0 saturated carbocycles. The second-order valence-electron chi connectivity index (χ2n) is 3.87. The highest BCUT2D eigenvalue weighted by atomic mass is 16.5. The molecule has 0 aliphatic carbocycles. The molecule has 5 heteroatoms. The predicted octanol–water partition coefficient (Wildman–Crippen LogP) is 0.923. The van der Waals surface area contributed by atoms with E-state index in [4.69, 9.17) is 0 Å². The van der Waals surface area contributed by atoms with Gasteiger partial charge in [-0.15, -0.1) is 0 Å². The van der Waals surface area contributed by atoms with Crippen molar-refractivity contribution in [2.75, 3.05) is 6.61 Å². The van der Waals surface area contributed by atoms with Crippen LogP contribution in [0, 0.1) is 0 Å². The number of ketones is 3. The Kier molecular flexibility index (Phi) is 5.70. The molecule has 1 aliphatic rings. The Morgan fingerprint density at radius 1 is 0.944 bits per heavy atom. The Hall–Kier alpha value is -2.04. The van der Waals surface area contributed by atoms with E-state index in [0.29, 0.717) is 0 Å². The molecular weight excluding hydrogens is 236 g/mol. The third kappa shape index (κ3) is 5.89. The number of cyclic esters (lactones) is 1. The van der Waals surface area contributed by atoms with Crippen LogP contribution in [0.15, 0.2) is 24.3 Å². The van der Waals surface area contributed by atoms with Crippen molar-refractivity contribution in [3.63, 3.8) is 0 Å². The van der Waals surface area contributed by atoms with Gasteiger partial charge in [0, 0.05) is 12.8 Å². The van der Waals surface area contributed by atoms with Crippen LogP contribution in [0.1, 0.15) is 25.7 Å². The first-order valence-corrected chi connectivity index (χ1v) is 5.63. The van der Waals surface area contributed by atoms with E-state index in [9.17, 15) is 19.2 Å². The third-order valence-electron chi connectivity index (χ3n) is 2.25. The first-order valence-electron chi connectivity index (χ1n) is 5.63. The molecule has 0 bridgehead atoms. The van der Waals surface area contributed by atoms with Crippen molar-refractivity contribution in [2.45, 2.75) is 25.7 Å². The average Bonchev–Trinajstić information content (AvgIpc) is 2.32. The lowest BCUT2D eigenvalue weighted by Crippen LogP contribution is -2.17. The minimum Gasteiger partial charge on any atom is -0.458 e. The molecule has 1 rings (SSSR count). The molecular formula is C13H14O5. The largest absolute Gasteiger partial charge is 0.458 e. The number of carbonyl (C=O) groups excluding carboxylic acids is 4. The molecule has 0 N–H and O–H groups in total. The van der Waals surface area contributed by atoms with Crippen LogP contribution < -0.4 is 0 Å². The Morgan fingerprint density at radius 2 is 1.72 bits per heavy atom. The van der Waals surface area contributed by atoms with Gasteiger partial charge in [0.15, 0.2) is 11.6 Å². The molecule has 0 aromatic heterocycles. The van der Waals surface area contributed by atoms with Crippen molar-refractivity contribution in [2.24, 2.45) is 0 Å². The molecule has 0 aromatic carbocycles. The van der Waals surface area contributed by atoms with E-state index in [1.165, 1.54) is 12.2 Å². The summed E-state index contributed by atoms with van der Waals surface area (Å²) in [6.45, 7) is -0.414. The molecule has 1 heterocycles. The maximum Gasteiger partial charge on any atom is 0.306 e. The van der Waals surface area contributed by atoms with Gasteiger partial charge in [0.05, 0.1) is 12.8 Å². The summed E-state index contributed by atoms with van der Waals surface area (Å²) in [4.78, 5) is 45.0. The SMILES string of the molecule is O=C1/C=C/C=C/CC(=O)CCC(=O)OCC(=O)C1. The highest BCUT2D eigenvalue weighted by Crippen LogP contribution is 2.01. The van der Waals surface area contributed by atoms with Crippen LogP contribution in [0.3, 0.4) is 0 Å². The van der Waals surface area contributed by atoms with Crippen molar-refractivity contribution in [3.8, 4) is 0 Å². The fourth-order valence-corrected chi connectivity index (χ4v) is 1.32. The van der Waals surface area contributed by atoms with Crippen molar-refractivity contribution in [1.29, 1.82) is 0 Å². The number of esters is 1. The molecule has 5 nitrogen and oxygen atoms in total. The second kappa shape index (κ2) is 7.32. The summed E-state index contributed by atoms with van der Waals surface area (Å²) in [5, 5.41) is 0. The van der Waals surface area contributed by atoms with Crippen molar-refractivity contribution >= 4 is 23.3 Å². The zero-order chi connectivity index (χ0) is 13.4. The van der Waals surface area contributed by atoms with Crippen molar-refractivity contribution in [3.05, 3.63) is 24.3 Å². The summed E-state index contributed by atoms with van der Waals surface area (Å²) in [7, 11) is 0. The van der Waals surface area contributed by atoms with Crippen LogP contribution in [0.4, 0.5) is 0 Å². The average molecular weight is 250 g/mol. The zero-order valence-electron chi connectivity index (χ0n) is 9.89. The van der Waals surface area contributed by atoms with Gasteiger partial charge in [-0.1, -0.05) is 18.2 Å². The fraction of sp³-hybridized carbons (Fsp3) is 0.385. The summed E-state index contributed by atoms with van der Waals surface area (Å²) in [6, 6.07) is 0. The van der Waals surface area contributed by atoms with E-state index >= 15 is 0 Å². The molecule has 0 radical (unpaired) electrons. The lowest BCUT2D eigenvalue weighted by molar-refractivity contribution is -0.149. The van der Waals surface area contributed by atoms with Crippen LogP contribution in [-0.4, -0.2) is 29.9 Å². The van der Waals surface area contributed by atoms with Gasteiger partial charge in [0.25, 0.3) is 0 Å². The summed E-state index contributed by atoms with van der Waals surface area (Å²) < 4.78 is 4.66. The van der Waals surface area contributed by atoms with Crippen LogP contribution in [0.25, 0.3) is 0 Å². The van der Waals surface area contributed by atoms with Crippen LogP contribution in [0.5, 0.6) is 0 Å². The van der Waals surface area contributed by atoms with Crippen LogP contribution in [-0.2, 0) is 23.9 Å². The molecule has 96 valence electrons. The maximum absolute atomic E-state index is 11.3. The maximum atomic E-state index is 11.3. The number of ether oxygens (including phenoxy) is 1. The number of hydrogen-bond acceptors (Lipinski definition) is 5. The first kappa shape index (κ1) is 14.0. The van der Waals surface area contributed by atoms with Crippen LogP contribution >= 0.6 is 0 Å². The summed E-state index contributed by atoms with van der Waals surface area (Å²) >= 11 is 0. The molecule has 0 amide bonds. The van der Waals surface area contributed by atoms with E-state index in [1.54, 1.807) is 12.2 Å². The van der Waals surface area contributed by atoms with Crippen LogP contribution in [0.2, 0.25) is 0 Å². The molecule has 18 heavy (non-hydrogen) atoms. The van der Waals surface area contributed by atoms with Gasteiger partial charge in [-0.05, 0) is 6.08 Å². The summed E-state index contributed by atoms with van der Waals surface area (Å²) in [5.41, 5.74) is 0. The highest BCUT2D eigenvalue weighted by molar-refractivity contribution is 6.05. The number of allylic oxidation sites excluding steroid dienone is 4. The summed E-state index contributed by atoms with van der Waals surface area (Å²) in [6.07, 6.45) is 5.91. The topological polar surface area (TPSA) is 77.5 Å². The van der Waals surface area contributed by atoms with Gasteiger partial charge in [0.1, 0.15) is 12.4 Å². The molecule has 0 atom stereocenters. The van der Waals surface area contributed by atoms with E-state index in [2.05, 4.69) is 4.74 Å². The normalized spacial score (nSPS) is 23.1. The van der Waals surface area contributed by atoms with E-state index in [0.717, 1.165) is 0 Å². The van der Waals surface area contributed by atoms with Gasteiger partial charge in [0.2, 0.25) is 0 Å². The quantitative estimate of drug-likeness (QED) is 0.472. The van der Waals surface area contributed by atoms with E-state index in [1.807, 2.05) is 0 Å². The van der Waals surface area contributed by atoms with Gasteiger partial charge < -0.3 is 4.74 Å². The molecule has 0 saturated heterocycles. The zero-order valence-corrected chi connectivity index (χ0v) is 9.89. The summed E-state index contributed by atoms with van der Waals surface area (Å²) in [5.74, 6) is -1.50. The third-order valence-corrected chi connectivity index (χ3v) is 2.25. The molecule has 1 aliphatic heterocycles. The Balaban J connectivity index is 2.66. The number of Topliss-reactive ketones (excluding diaryl/α,β-unsaturated/α-hetero) is 2. The number of hydrogen-bond donors (Lipinski definition) is 0. The van der Waals surface area contributed by atoms with Crippen molar-refractivity contribution < 1.29 is 23.9 Å².